The number of ether oxygens (including phenoxy) is 1. The molecule has 0 bridgehead atoms. The number of rotatable bonds is 4. The Bertz CT molecular complexity index is 596. The third kappa shape index (κ3) is 4.15. The summed E-state index contributed by atoms with van der Waals surface area (Å²) in [5.74, 6) is 0.318. The van der Waals surface area contributed by atoms with Crippen molar-refractivity contribution in [1.29, 1.82) is 0 Å². The van der Waals surface area contributed by atoms with Gasteiger partial charge in [0.15, 0.2) is 0 Å². The fourth-order valence-electron chi connectivity index (χ4n) is 3.53. The monoisotopic (exact) mass is 330 g/mol. The van der Waals surface area contributed by atoms with E-state index in [2.05, 4.69) is 17.6 Å². The van der Waals surface area contributed by atoms with Crippen LogP contribution in [0.4, 0.5) is 5.69 Å². The Morgan fingerprint density at radius 1 is 1.12 bits per heavy atom. The molecule has 1 saturated heterocycles. The number of nitrogens with one attached hydrogen (secondary N) is 2. The molecule has 24 heavy (non-hydrogen) atoms. The van der Waals surface area contributed by atoms with Crippen LogP contribution in [0.25, 0.3) is 0 Å². The summed E-state index contributed by atoms with van der Waals surface area (Å²) >= 11 is 0. The molecule has 0 spiro atoms. The first kappa shape index (κ1) is 17.0. The van der Waals surface area contributed by atoms with Crippen molar-refractivity contribution in [2.75, 3.05) is 11.9 Å². The van der Waals surface area contributed by atoms with Crippen molar-refractivity contribution in [3.63, 3.8) is 0 Å². The molecule has 1 saturated carbocycles. The second-order valence-corrected chi connectivity index (χ2v) is 6.91. The highest BCUT2D eigenvalue weighted by molar-refractivity contribution is 5.98. The van der Waals surface area contributed by atoms with Crippen molar-refractivity contribution >= 4 is 17.5 Å². The molecule has 1 aliphatic heterocycles. The summed E-state index contributed by atoms with van der Waals surface area (Å²) in [7, 11) is 0. The molecule has 1 aromatic carbocycles. The largest absolute Gasteiger partial charge is 0.368 e. The lowest BCUT2D eigenvalue weighted by molar-refractivity contribution is -0.124. The molecule has 3 unspecified atom stereocenters. The highest BCUT2D eigenvalue weighted by Crippen LogP contribution is 2.24. The highest BCUT2D eigenvalue weighted by atomic mass is 16.5. The average molecular weight is 330 g/mol. The van der Waals surface area contributed by atoms with Gasteiger partial charge in [-0.2, -0.15) is 0 Å². The lowest BCUT2D eigenvalue weighted by atomic mass is 9.86. The molecule has 1 aromatic rings. The molecule has 3 rings (SSSR count). The minimum absolute atomic E-state index is 0.0676. The van der Waals surface area contributed by atoms with Crippen LogP contribution in [0.15, 0.2) is 24.3 Å². The standard InChI is InChI=1S/C19H26N2O3/c1-13-6-2-3-9-16(13)21-18(22)14-7-4-8-15(12-14)20-19(23)17-10-5-11-24-17/h4,7-8,12-13,16-17H,2-3,5-6,9-11H2,1H3,(H,20,23)(H,21,22). The van der Waals surface area contributed by atoms with Gasteiger partial charge in [-0.25, -0.2) is 0 Å². The summed E-state index contributed by atoms with van der Waals surface area (Å²) in [6.07, 6.45) is 5.94. The van der Waals surface area contributed by atoms with Crippen LogP contribution >= 0.6 is 0 Å². The van der Waals surface area contributed by atoms with Gasteiger partial charge in [0, 0.05) is 23.9 Å². The zero-order valence-corrected chi connectivity index (χ0v) is 14.2. The van der Waals surface area contributed by atoms with Crippen molar-refractivity contribution in [3.8, 4) is 0 Å². The van der Waals surface area contributed by atoms with E-state index in [1.807, 2.05) is 0 Å². The molecule has 2 amide bonds. The Kier molecular flexibility index (Phi) is 5.51. The Balaban J connectivity index is 1.61. The molecule has 5 nitrogen and oxygen atoms in total. The highest BCUT2D eigenvalue weighted by Gasteiger charge is 2.25. The van der Waals surface area contributed by atoms with Crippen LogP contribution in [-0.4, -0.2) is 30.6 Å². The minimum Gasteiger partial charge on any atom is -0.368 e. The summed E-state index contributed by atoms with van der Waals surface area (Å²) in [5.41, 5.74) is 1.22. The third-order valence-electron chi connectivity index (χ3n) is 5.04. The van der Waals surface area contributed by atoms with E-state index in [9.17, 15) is 9.59 Å². The van der Waals surface area contributed by atoms with E-state index in [-0.39, 0.29) is 24.0 Å². The van der Waals surface area contributed by atoms with Gasteiger partial charge in [-0.3, -0.25) is 9.59 Å². The van der Waals surface area contributed by atoms with Gasteiger partial charge >= 0.3 is 0 Å². The van der Waals surface area contributed by atoms with Crippen molar-refractivity contribution < 1.29 is 14.3 Å². The number of hydrogen-bond donors (Lipinski definition) is 2. The summed E-state index contributed by atoms with van der Waals surface area (Å²) in [4.78, 5) is 24.6. The van der Waals surface area contributed by atoms with Crippen LogP contribution in [-0.2, 0) is 9.53 Å². The quantitative estimate of drug-likeness (QED) is 0.891. The minimum atomic E-state index is -0.370. The number of anilines is 1. The third-order valence-corrected chi connectivity index (χ3v) is 5.04. The van der Waals surface area contributed by atoms with Crippen molar-refractivity contribution in [2.24, 2.45) is 5.92 Å². The van der Waals surface area contributed by atoms with Crippen LogP contribution in [0, 0.1) is 5.92 Å². The maximum Gasteiger partial charge on any atom is 0.253 e. The van der Waals surface area contributed by atoms with Crippen molar-refractivity contribution in [1.82, 2.24) is 5.32 Å². The van der Waals surface area contributed by atoms with Gasteiger partial charge in [0.05, 0.1) is 0 Å². The Morgan fingerprint density at radius 3 is 2.71 bits per heavy atom. The van der Waals surface area contributed by atoms with E-state index < -0.39 is 0 Å². The molecule has 3 atom stereocenters. The number of carbonyl (C=O) groups excluding carboxylic acids is 2. The molecule has 2 aliphatic rings. The molecule has 5 heteroatoms. The Hall–Kier alpha value is -1.88. The number of hydrogen-bond acceptors (Lipinski definition) is 3. The van der Waals surface area contributed by atoms with Gasteiger partial charge in [-0.05, 0) is 49.8 Å². The van der Waals surface area contributed by atoms with Crippen molar-refractivity contribution in [3.05, 3.63) is 29.8 Å². The normalized spacial score (nSPS) is 26.8. The summed E-state index contributed by atoms with van der Waals surface area (Å²) in [6, 6.07) is 7.36. The summed E-state index contributed by atoms with van der Waals surface area (Å²) in [6.45, 7) is 2.84. The zero-order valence-electron chi connectivity index (χ0n) is 14.2. The van der Waals surface area contributed by atoms with Crippen molar-refractivity contribution in [2.45, 2.75) is 57.6 Å². The maximum absolute atomic E-state index is 12.5. The van der Waals surface area contributed by atoms with Crippen LogP contribution < -0.4 is 10.6 Å². The second-order valence-electron chi connectivity index (χ2n) is 6.91. The molecule has 1 aliphatic carbocycles. The molecule has 0 radical (unpaired) electrons. The van der Waals surface area contributed by atoms with Crippen LogP contribution in [0.3, 0.4) is 0 Å². The fraction of sp³-hybridized carbons (Fsp3) is 0.579. The second kappa shape index (κ2) is 7.79. The van der Waals surface area contributed by atoms with Gasteiger partial charge in [0.1, 0.15) is 6.10 Å². The molecule has 2 fully saturated rings. The smallest absolute Gasteiger partial charge is 0.253 e. The lowest BCUT2D eigenvalue weighted by Gasteiger charge is -2.29. The van der Waals surface area contributed by atoms with Gasteiger partial charge in [0.2, 0.25) is 0 Å². The number of amides is 2. The zero-order chi connectivity index (χ0) is 16.9. The van der Waals surface area contributed by atoms with E-state index in [0.717, 1.165) is 19.3 Å². The van der Waals surface area contributed by atoms with E-state index in [0.29, 0.717) is 23.8 Å². The van der Waals surface area contributed by atoms with Gasteiger partial charge in [-0.1, -0.05) is 25.8 Å². The predicted octanol–water partition coefficient (Wildman–Crippen LogP) is 3.11. The molecular formula is C19H26N2O3. The van der Waals surface area contributed by atoms with E-state index in [1.165, 1.54) is 19.3 Å². The predicted molar refractivity (Wildman–Crippen MR) is 92.9 cm³/mol. The van der Waals surface area contributed by atoms with Crippen LogP contribution in [0.1, 0.15) is 55.8 Å². The topological polar surface area (TPSA) is 67.4 Å². The molecule has 1 heterocycles. The molecule has 130 valence electrons. The van der Waals surface area contributed by atoms with Gasteiger partial charge in [-0.15, -0.1) is 0 Å². The first-order valence-electron chi connectivity index (χ1n) is 8.97. The first-order chi connectivity index (χ1) is 11.6. The summed E-state index contributed by atoms with van der Waals surface area (Å²) in [5, 5.41) is 5.99. The molecule has 2 N–H and O–H groups in total. The number of carbonyl (C=O) groups is 2. The SMILES string of the molecule is CC1CCCCC1NC(=O)c1cccc(NC(=O)C2CCCO2)c1. The summed E-state index contributed by atoms with van der Waals surface area (Å²) < 4.78 is 5.39. The lowest BCUT2D eigenvalue weighted by Crippen LogP contribution is -2.41. The van der Waals surface area contributed by atoms with Gasteiger partial charge in [0.25, 0.3) is 11.8 Å². The maximum atomic E-state index is 12.5. The molecular weight excluding hydrogens is 304 g/mol. The fourth-order valence-corrected chi connectivity index (χ4v) is 3.53. The molecule has 0 aromatic heterocycles. The van der Waals surface area contributed by atoms with Gasteiger partial charge < -0.3 is 15.4 Å². The van der Waals surface area contributed by atoms with E-state index in [1.54, 1.807) is 24.3 Å². The Morgan fingerprint density at radius 2 is 1.96 bits per heavy atom. The number of benzene rings is 1. The first-order valence-corrected chi connectivity index (χ1v) is 8.97. The average Bonchev–Trinajstić information content (AvgIpc) is 3.12. The van der Waals surface area contributed by atoms with Crippen LogP contribution in [0.2, 0.25) is 0 Å². The van der Waals surface area contributed by atoms with Crippen LogP contribution in [0.5, 0.6) is 0 Å². The van der Waals surface area contributed by atoms with E-state index >= 15 is 0 Å². The van der Waals surface area contributed by atoms with E-state index in [4.69, 9.17) is 4.74 Å². The Labute approximate surface area is 143 Å².